The van der Waals surface area contributed by atoms with Crippen molar-refractivity contribution in [2.24, 2.45) is 0 Å². The lowest BCUT2D eigenvalue weighted by Gasteiger charge is -2.25. The average Bonchev–Trinajstić information content (AvgIpc) is 3.02. The van der Waals surface area contributed by atoms with E-state index in [9.17, 15) is 19.1 Å². The van der Waals surface area contributed by atoms with Gasteiger partial charge >= 0.3 is 0 Å². The molecule has 1 unspecified atom stereocenters. The average molecular weight is 415 g/mol. The summed E-state index contributed by atoms with van der Waals surface area (Å²) in [4.78, 5) is 27.5. The van der Waals surface area contributed by atoms with E-state index in [1.807, 2.05) is 50.2 Å². The minimum Gasteiger partial charge on any atom is -0.507 e. The van der Waals surface area contributed by atoms with Crippen molar-refractivity contribution >= 4 is 17.4 Å². The van der Waals surface area contributed by atoms with E-state index in [0.29, 0.717) is 16.7 Å². The number of likely N-dealkylation sites (tertiary alicyclic amines) is 1. The van der Waals surface area contributed by atoms with E-state index < -0.39 is 17.7 Å². The summed E-state index contributed by atoms with van der Waals surface area (Å²) in [6.45, 7) is 4.01. The topological polar surface area (TPSA) is 57.6 Å². The molecule has 3 aromatic carbocycles. The van der Waals surface area contributed by atoms with Crippen LogP contribution in [0.15, 0.2) is 78.4 Å². The number of rotatable bonds is 4. The Morgan fingerprint density at radius 2 is 1.61 bits per heavy atom. The predicted octanol–water partition coefficient (Wildman–Crippen LogP) is 5.06. The molecule has 5 heteroatoms. The van der Waals surface area contributed by atoms with Gasteiger partial charge in [-0.2, -0.15) is 0 Å². The molecule has 156 valence electrons. The molecular formula is C26H22FNO3. The van der Waals surface area contributed by atoms with Crippen LogP contribution in [0.5, 0.6) is 0 Å². The van der Waals surface area contributed by atoms with E-state index in [1.54, 1.807) is 24.3 Å². The number of hydrogen-bond acceptors (Lipinski definition) is 3. The van der Waals surface area contributed by atoms with Crippen molar-refractivity contribution in [2.45, 2.75) is 26.4 Å². The first-order chi connectivity index (χ1) is 14.9. The molecule has 1 amide bonds. The molecule has 1 aliphatic heterocycles. The minimum absolute atomic E-state index is 0.0570. The summed E-state index contributed by atoms with van der Waals surface area (Å²) in [6, 6.07) is 19.6. The molecule has 0 saturated carbocycles. The Morgan fingerprint density at radius 1 is 0.935 bits per heavy atom. The summed E-state index contributed by atoms with van der Waals surface area (Å²) in [5.74, 6) is -1.99. The van der Waals surface area contributed by atoms with Gasteiger partial charge in [-0.05, 0) is 54.3 Å². The molecule has 0 aromatic heterocycles. The van der Waals surface area contributed by atoms with Crippen LogP contribution in [0.1, 0.15) is 33.9 Å². The summed E-state index contributed by atoms with van der Waals surface area (Å²) >= 11 is 0. The number of benzene rings is 3. The van der Waals surface area contributed by atoms with Crippen LogP contribution in [-0.2, 0) is 16.1 Å². The van der Waals surface area contributed by atoms with E-state index in [-0.39, 0.29) is 23.7 Å². The van der Waals surface area contributed by atoms with Crippen LogP contribution in [0.3, 0.4) is 0 Å². The molecule has 0 bridgehead atoms. The molecule has 1 saturated heterocycles. The fraction of sp³-hybridized carbons (Fsp3) is 0.154. The van der Waals surface area contributed by atoms with Crippen LogP contribution in [0, 0.1) is 19.7 Å². The molecular weight excluding hydrogens is 393 g/mol. The minimum atomic E-state index is -0.743. The Morgan fingerprint density at radius 3 is 2.26 bits per heavy atom. The van der Waals surface area contributed by atoms with Crippen molar-refractivity contribution in [1.82, 2.24) is 4.90 Å². The highest BCUT2D eigenvalue weighted by atomic mass is 19.1. The van der Waals surface area contributed by atoms with E-state index in [4.69, 9.17) is 0 Å². The first kappa shape index (κ1) is 20.5. The van der Waals surface area contributed by atoms with Crippen LogP contribution < -0.4 is 0 Å². The van der Waals surface area contributed by atoms with Gasteiger partial charge in [-0.3, -0.25) is 9.59 Å². The molecule has 1 fully saturated rings. The maximum atomic E-state index is 13.3. The van der Waals surface area contributed by atoms with Gasteiger partial charge in [-0.15, -0.1) is 0 Å². The second-order valence-electron chi connectivity index (χ2n) is 7.76. The molecule has 1 N–H and O–H groups in total. The molecule has 1 atom stereocenters. The fourth-order valence-electron chi connectivity index (χ4n) is 3.86. The van der Waals surface area contributed by atoms with Crippen LogP contribution >= 0.6 is 0 Å². The van der Waals surface area contributed by atoms with E-state index in [0.717, 1.165) is 11.1 Å². The van der Waals surface area contributed by atoms with Crippen LogP contribution in [-0.4, -0.2) is 21.7 Å². The fourth-order valence-corrected chi connectivity index (χ4v) is 3.86. The standard InChI is InChI=1S/C26H22FNO3/c1-16-8-11-20(14-17(16)2)24(29)22-23(19-6-4-3-5-7-19)28(26(31)25(22)30)15-18-9-12-21(27)13-10-18/h3-14,23,29H,15H2,1-2H3/b24-22-. The van der Waals surface area contributed by atoms with Gasteiger partial charge in [-0.1, -0.05) is 54.6 Å². The smallest absolute Gasteiger partial charge is 0.295 e. The summed E-state index contributed by atoms with van der Waals surface area (Å²) < 4.78 is 13.3. The maximum absolute atomic E-state index is 13.3. The summed E-state index contributed by atoms with van der Waals surface area (Å²) in [5.41, 5.74) is 3.99. The lowest BCUT2D eigenvalue weighted by atomic mass is 9.94. The Labute approximate surface area is 180 Å². The van der Waals surface area contributed by atoms with E-state index >= 15 is 0 Å². The van der Waals surface area contributed by atoms with Gasteiger partial charge in [0.2, 0.25) is 0 Å². The summed E-state index contributed by atoms with van der Waals surface area (Å²) in [6.07, 6.45) is 0. The highest BCUT2D eigenvalue weighted by Gasteiger charge is 2.46. The zero-order valence-electron chi connectivity index (χ0n) is 17.3. The number of Topliss-reactive ketones (excluding diaryl/α,β-unsaturated/α-hetero) is 1. The van der Waals surface area contributed by atoms with Crippen molar-refractivity contribution in [3.05, 3.63) is 112 Å². The van der Waals surface area contributed by atoms with Gasteiger partial charge in [0.15, 0.2) is 0 Å². The molecule has 31 heavy (non-hydrogen) atoms. The molecule has 4 nitrogen and oxygen atoms in total. The zero-order valence-corrected chi connectivity index (χ0v) is 17.3. The normalized spacial score (nSPS) is 17.9. The number of aryl methyl sites for hydroxylation is 2. The van der Waals surface area contributed by atoms with Gasteiger partial charge in [0.05, 0.1) is 11.6 Å². The summed E-state index contributed by atoms with van der Waals surface area (Å²) in [5, 5.41) is 11.1. The number of halogens is 1. The van der Waals surface area contributed by atoms with Crippen molar-refractivity contribution < 1.29 is 19.1 Å². The molecule has 1 heterocycles. The third kappa shape index (κ3) is 3.87. The van der Waals surface area contributed by atoms with E-state index in [2.05, 4.69) is 0 Å². The predicted molar refractivity (Wildman–Crippen MR) is 117 cm³/mol. The second-order valence-corrected chi connectivity index (χ2v) is 7.76. The van der Waals surface area contributed by atoms with Crippen LogP contribution in [0.4, 0.5) is 4.39 Å². The van der Waals surface area contributed by atoms with E-state index in [1.165, 1.54) is 17.0 Å². The Kier molecular flexibility index (Phi) is 5.42. The monoisotopic (exact) mass is 415 g/mol. The lowest BCUT2D eigenvalue weighted by Crippen LogP contribution is -2.29. The quantitative estimate of drug-likeness (QED) is 0.368. The molecule has 1 aliphatic rings. The van der Waals surface area contributed by atoms with Gasteiger partial charge in [0.1, 0.15) is 11.6 Å². The lowest BCUT2D eigenvalue weighted by molar-refractivity contribution is -0.140. The highest BCUT2D eigenvalue weighted by molar-refractivity contribution is 6.46. The third-order valence-corrected chi connectivity index (χ3v) is 5.70. The van der Waals surface area contributed by atoms with Gasteiger partial charge < -0.3 is 10.0 Å². The number of nitrogens with zero attached hydrogens (tertiary/aromatic N) is 1. The number of carbonyl (C=O) groups is 2. The number of aliphatic hydroxyl groups excluding tert-OH is 1. The molecule has 4 rings (SSSR count). The highest BCUT2D eigenvalue weighted by Crippen LogP contribution is 2.40. The number of aliphatic hydroxyl groups is 1. The Bertz CT molecular complexity index is 1180. The number of ketones is 1. The molecule has 0 aliphatic carbocycles. The first-order valence-corrected chi connectivity index (χ1v) is 10.0. The third-order valence-electron chi connectivity index (χ3n) is 5.70. The largest absolute Gasteiger partial charge is 0.507 e. The van der Waals surface area contributed by atoms with Crippen molar-refractivity contribution in [1.29, 1.82) is 0 Å². The number of carbonyl (C=O) groups excluding carboxylic acids is 2. The Balaban J connectivity index is 1.85. The van der Waals surface area contributed by atoms with Crippen LogP contribution in [0.25, 0.3) is 5.76 Å². The van der Waals surface area contributed by atoms with Gasteiger partial charge in [-0.25, -0.2) is 4.39 Å². The van der Waals surface area contributed by atoms with Crippen LogP contribution in [0.2, 0.25) is 0 Å². The van der Waals surface area contributed by atoms with Crippen molar-refractivity contribution in [3.63, 3.8) is 0 Å². The molecule has 3 aromatic rings. The zero-order chi connectivity index (χ0) is 22.1. The molecule has 0 radical (unpaired) electrons. The number of amides is 1. The number of hydrogen-bond donors (Lipinski definition) is 1. The van der Waals surface area contributed by atoms with Crippen molar-refractivity contribution in [2.75, 3.05) is 0 Å². The first-order valence-electron chi connectivity index (χ1n) is 10.0. The Hall–Kier alpha value is -3.73. The SMILES string of the molecule is Cc1ccc(/C(O)=C2/C(=O)C(=O)N(Cc3ccc(F)cc3)C2c2ccccc2)cc1C. The molecule has 0 spiro atoms. The van der Waals surface area contributed by atoms with Crippen molar-refractivity contribution in [3.8, 4) is 0 Å². The summed E-state index contributed by atoms with van der Waals surface area (Å²) in [7, 11) is 0. The van der Waals surface area contributed by atoms with Gasteiger partial charge in [0.25, 0.3) is 11.7 Å². The second kappa shape index (κ2) is 8.19. The van der Waals surface area contributed by atoms with Gasteiger partial charge in [0, 0.05) is 12.1 Å². The maximum Gasteiger partial charge on any atom is 0.295 e.